The molecular weight excluding hydrogens is 334 g/mol. The van der Waals surface area contributed by atoms with E-state index in [9.17, 15) is 4.79 Å². The first kappa shape index (κ1) is 17.5. The first-order valence-corrected chi connectivity index (χ1v) is 9.46. The van der Waals surface area contributed by atoms with Gasteiger partial charge in [-0.1, -0.05) is 74.5 Å². The summed E-state index contributed by atoms with van der Waals surface area (Å²) in [6, 6.07) is 24.7. The zero-order chi connectivity index (χ0) is 18.8. The second kappa shape index (κ2) is 7.37. The Morgan fingerprint density at radius 1 is 0.926 bits per heavy atom. The van der Waals surface area contributed by atoms with Crippen LogP contribution in [0.25, 0.3) is 21.7 Å². The molecule has 136 valence electrons. The number of quaternary nitrogens is 1. The lowest BCUT2D eigenvalue weighted by Crippen LogP contribution is -2.84. The van der Waals surface area contributed by atoms with E-state index in [-0.39, 0.29) is 5.63 Å². The zero-order valence-corrected chi connectivity index (χ0v) is 15.7. The summed E-state index contributed by atoms with van der Waals surface area (Å²) in [7, 11) is 0. The molecule has 3 aromatic carbocycles. The fraction of sp³-hybridized carbons (Fsp3) is 0.208. The molecule has 0 spiro atoms. The molecular formula is C24H24NO2+. The van der Waals surface area contributed by atoms with Gasteiger partial charge in [0.2, 0.25) is 0 Å². The number of hydrogen-bond acceptors (Lipinski definition) is 2. The normalized spacial score (nSPS) is 12.7. The van der Waals surface area contributed by atoms with Crippen molar-refractivity contribution in [2.24, 2.45) is 5.92 Å². The largest absolute Gasteiger partial charge is 0.423 e. The summed E-state index contributed by atoms with van der Waals surface area (Å²) in [6.07, 6.45) is 0. The third-order valence-electron chi connectivity index (χ3n) is 5.21. The van der Waals surface area contributed by atoms with Crippen LogP contribution in [0, 0.1) is 5.92 Å². The van der Waals surface area contributed by atoms with Crippen LogP contribution in [0.15, 0.2) is 82.0 Å². The molecule has 0 amide bonds. The van der Waals surface area contributed by atoms with Crippen LogP contribution in [-0.2, 0) is 6.54 Å². The molecule has 0 bridgehead atoms. The van der Waals surface area contributed by atoms with Gasteiger partial charge in [0.15, 0.2) is 0 Å². The maximum Gasteiger partial charge on any atom is 0.336 e. The molecule has 1 atom stereocenters. The van der Waals surface area contributed by atoms with Gasteiger partial charge in [-0.2, -0.15) is 0 Å². The highest BCUT2D eigenvalue weighted by Gasteiger charge is 2.20. The third-order valence-corrected chi connectivity index (χ3v) is 5.21. The number of nitrogens with two attached hydrogens (primary N) is 1. The third kappa shape index (κ3) is 3.51. The molecule has 4 aromatic rings. The molecule has 0 radical (unpaired) electrons. The highest BCUT2D eigenvalue weighted by Crippen LogP contribution is 2.27. The Morgan fingerprint density at radius 2 is 1.67 bits per heavy atom. The van der Waals surface area contributed by atoms with E-state index in [0.29, 0.717) is 17.5 Å². The maximum atomic E-state index is 12.1. The van der Waals surface area contributed by atoms with Crippen molar-refractivity contribution in [2.75, 3.05) is 0 Å². The lowest BCUT2D eigenvalue weighted by Gasteiger charge is -2.20. The highest BCUT2D eigenvalue weighted by molar-refractivity contribution is 6.06. The second-order valence-electron chi connectivity index (χ2n) is 7.37. The van der Waals surface area contributed by atoms with Crippen LogP contribution in [0.4, 0.5) is 0 Å². The van der Waals surface area contributed by atoms with Crippen LogP contribution < -0.4 is 10.9 Å². The molecule has 27 heavy (non-hydrogen) atoms. The average molecular weight is 358 g/mol. The summed E-state index contributed by atoms with van der Waals surface area (Å²) in [5.74, 6) is 0.482. The van der Waals surface area contributed by atoms with Crippen molar-refractivity contribution >= 4 is 21.7 Å². The molecule has 0 aliphatic rings. The lowest BCUT2D eigenvalue weighted by molar-refractivity contribution is -0.716. The van der Waals surface area contributed by atoms with Crippen molar-refractivity contribution < 1.29 is 9.73 Å². The molecule has 3 heteroatoms. The molecule has 3 nitrogen and oxygen atoms in total. The number of benzene rings is 3. The van der Waals surface area contributed by atoms with E-state index >= 15 is 0 Å². The Labute approximate surface area is 158 Å². The summed E-state index contributed by atoms with van der Waals surface area (Å²) in [4.78, 5) is 12.1. The van der Waals surface area contributed by atoms with Crippen LogP contribution in [0.5, 0.6) is 0 Å². The van der Waals surface area contributed by atoms with Gasteiger partial charge in [0.1, 0.15) is 18.2 Å². The minimum atomic E-state index is -0.290. The first-order valence-electron chi connectivity index (χ1n) is 9.46. The number of rotatable bonds is 5. The summed E-state index contributed by atoms with van der Waals surface area (Å²) in [6.45, 7) is 5.20. The molecule has 0 aliphatic heterocycles. The first-order chi connectivity index (χ1) is 13.1. The van der Waals surface area contributed by atoms with E-state index in [1.165, 1.54) is 5.56 Å². The van der Waals surface area contributed by atoms with Crippen LogP contribution in [0.1, 0.15) is 31.0 Å². The van der Waals surface area contributed by atoms with Crippen molar-refractivity contribution in [3.63, 3.8) is 0 Å². The van der Waals surface area contributed by atoms with E-state index in [1.807, 2.05) is 30.3 Å². The summed E-state index contributed by atoms with van der Waals surface area (Å²) < 4.78 is 5.48. The van der Waals surface area contributed by atoms with Gasteiger partial charge in [-0.3, -0.25) is 0 Å². The summed E-state index contributed by atoms with van der Waals surface area (Å²) >= 11 is 0. The molecule has 1 heterocycles. The van der Waals surface area contributed by atoms with Gasteiger partial charge in [-0.15, -0.1) is 0 Å². The van der Waals surface area contributed by atoms with Gasteiger partial charge in [-0.05, 0) is 16.8 Å². The summed E-state index contributed by atoms with van der Waals surface area (Å²) in [5.41, 5.74) is 2.71. The molecule has 0 fully saturated rings. The predicted molar refractivity (Wildman–Crippen MR) is 110 cm³/mol. The fourth-order valence-corrected chi connectivity index (χ4v) is 3.90. The standard InChI is InChI=1S/C24H23NO2/c1-16(2)24(18-9-4-3-5-10-18)25-15-19-14-22(26)27-21-13-12-17-8-6-7-11-20(17)23(19)21/h3-14,16,24-25H,15H2,1-2H3/p+1/t24-/m0/s1. The monoisotopic (exact) mass is 358 g/mol. The Balaban J connectivity index is 1.77. The van der Waals surface area contributed by atoms with E-state index in [0.717, 1.165) is 28.3 Å². The Morgan fingerprint density at radius 3 is 2.44 bits per heavy atom. The van der Waals surface area contributed by atoms with Crippen LogP contribution in [0.3, 0.4) is 0 Å². The maximum absolute atomic E-state index is 12.1. The number of hydrogen-bond donors (Lipinski definition) is 1. The van der Waals surface area contributed by atoms with Crippen molar-refractivity contribution in [2.45, 2.75) is 26.4 Å². The van der Waals surface area contributed by atoms with Gasteiger partial charge >= 0.3 is 5.63 Å². The zero-order valence-electron chi connectivity index (χ0n) is 15.7. The van der Waals surface area contributed by atoms with Crippen molar-refractivity contribution in [3.8, 4) is 0 Å². The van der Waals surface area contributed by atoms with Gasteiger partial charge in [0.05, 0.1) is 0 Å². The SMILES string of the molecule is CC(C)[C@H]([NH2+]Cc1cc(=O)oc2ccc3ccccc3c12)c1ccccc1. The minimum Gasteiger partial charge on any atom is -0.423 e. The molecule has 2 N–H and O–H groups in total. The van der Waals surface area contributed by atoms with Crippen LogP contribution in [-0.4, -0.2) is 0 Å². The second-order valence-corrected chi connectivity index (χ2v) is 7.37. The molecule has 1 aromatic heterocycles. The van der Waals surface area contributed by atoms with E-state index in [1.54, 1.807) is 6.07 Å². The average Bonchev–Trinajstić information content (AvgIpc) is 2.68. The smallest absolute Gasteiger partial charge is 0.336 e. The highest BCUT2D eigenvalue weighted by atomic mass is 16.4. The van der Waals surface area contributed by atoms with Crippen LogP contribution >= 0.6 is 0 Å². The van der Waals surface area contributed by atoms with Crippen molar-refractivity contribution in [1.29, 1.82) is 0 Å². The van der Waals surface area contributed by atoms with Gasteiger partial charge < -0.3 is 9.73 Å². The van der Waals surface area contributed by atoms with E-state index in [4.69, 9.17) is 4.42 Å². The molecule has 4 rings (SSSR count). The van der Waals surface area contributed by atoms with Crippen molar-refractivity contribution in [1.82, 2.24) is 0 Å². The van der Waals surface area contributed by atoms with Gasteiger partial charge in [-0.25, -0.2) is 4.79 Å². The Kier molecular flexibility index (Phi) is 4.78. The minimum absolute atomic E-state index is 0.290. The molecule has 0 saturated carbocycles. The lowest BCUT2D eigenvalue weighted by atomic mass is 9.95. The number of fused-ring (bicyclic) bond motifs is 3. The van der Waals surface area contributed by atoms with E-state index < -0.39 is 0 Å². The topological polar surface area (TPSA) is 46.8 Å². The van der Waals surface area contributed by atoms with Gasteiger partial charge in [0.25, 0.3) is 0 Å². The van der Waals surface area contributed by atoms with Crippen LogP contribution in [0.2, 0.25) is 0 Å². The summed E-state index contributed by atoms with van der Waals surface area (Å²) in [5, 5.41) is 5.65. The van der Waals surface area contributed by atoms with Gasteiger partial charge in [0, 0.05) is 28.5 Å². The van der Waals surface area contributed by atoms with E-state index in [2.05, 4.69) is 55.6 Å². The fourth-order valence-electron chi connectivity index (χ4n) is 3.90. The van der Waals surface area contributed by atoms with Crippen molar-refractivity contribution in [3.05, 3.63) is 94.3 Å². The quantitative estimate of drug-likeness (QED) is 0.424. The molecule has 0 aliphatic carbocycles. The molecule has 0 unspecified atom stereocenters. The predicted octanol–water partition coefficient (Wildman–Crippen LogP) is 4.41. The molecule has 0 saturated heterocycles. The Bertz CT molecular complexity index is 1130. The Hall–Kier alpha value is -2.91.